The zero-order valence-electron chi connectivity index (χ0n) is 14.9. The number of thiazole rings is 1. The van der Waals surface area contributed by atoms with Crippen LogP contribution in [0.15, 0.2) is 47.4 Å². The normalized spacial score (nSPS) is 11.4. The summed E-state index contributed by atoms with van der Waals surface area (Å²) in [5, 5.41) is 4.11. The molecule has 0 unspecified atom stereocenters. The average Bonchev–Trinajstić information content (AvgIpc) is 2.96. The molecule has 1 heterocycles. The molecule has 0 aliphatic carbocycles. The number of carbonyl (C=O) groups excluding carboxylic acids is 1. The fourth-order valence-electron chi connectivity index (χ4n) is 2.62. The number of fused-ring (bicyclic) bond motifs is 1. The van der Waals surface area contributed by atoms with Gasteiger partial charge in [0.1, 0.15) is 0 Å². The minimum absolute atomic E-state index is 0.119. The van der Waals surface area contributed by atoms with Crippen LogP contribution in [-0.4, -0.2) is 16.1 Å². The van der Waals surface area contributed by atoms with E-state index in [1.807, 2.05) is 36.4 Å². The average molecular weight is 371 g/mol. The lowest BCUT2D eigenvalue weighted by molar-refractivity contribution is 0.102. The van der Waals surface area contributed by atoms with Crippen LogP contribution in [0.25, 0.3) is 10.2 Å². The van der Waals surface area contributed by atoms with Gasteiger partial charge in [-0.05, 0) is 41.8 Å². The number of carbonyl (C=O) groups is 1. The Balaban J connectivity index is 1.79. The maximum absolute atomic E-state index is 12.5. The summed E-state index contributed by atoms with van der Waals surface area (Å²) in [5.41, 5.74) is 2.85. The van der Waals surface area contributed by atoms with Gasteiger partial charge in [-0.25, -0.2) is 4.98 Å². The van der Waals surface area contributed by atoms with Crippen molar-refractivity contribution in [1.82, 2.24) is 4.98 Å². The van der Waals surface area contributed by atoms with Crippen molar-refractivity contribution in [3.63, 3.8) is 0 Å². The van der Waals surface area contributed by atoms with Crippen LogP contribution < -0.4 is 5.32 Å². The molecule has 0 spiro atoms. The number of hydrogen-bond acceptors (Lipinski definition) is 4. The zero-order valence-corrected chi connectivity index (χ0v) is 16.5. The number of nitrogens with zero attached hydrogens (tertiary/aromatic N) is 1. The monoisotopic (exact) mass is 370 g/mol. The molecule has 5 heteroatoms. The van der Waals surface area contributed by atoms with E-state index in [0.29, 0.717) is 21.9 Å². The first-order valence-electron chi connectivity index (χ1n) is 8.41. The number of para-hydroxylation sites is 1. The Morgan fingerprint density at radius 3 is 2.44 bits per heavy atom. The number of anilines is 1. The largest absolute Gasteiger partial charge is 0.298 e. The van der Waals surface area contributed by atoms with E-state index in [2.05, 4.69) is 44.1 Å². The highest BCUT2D eigenvalue weighted by molar-refractivity contribution is 7.99. The lowest BCUT2D eigenvalue weighted by Gasteiger charge is -2.06. The van der Waals surface area contributed by atoms with Crippen LogP contribution >= 0.6 is 23.1 Å². The van der Waals surface area contributed by atoms with Crippen LogP contribution in [0.2, 0.25) is 0 Å². The molecule has 2 aromatic carbocycles. The van der Waals surface area contributed by atoms with Crippen LogP contribution in [0.4, 0.5) is 5.13 Å². The molecule has 130 valence electrons. The smallest absolute Gasteiger partial charge is 0.257 e. The number of amides is 1. The fourth-order valence-corrected chi connectivity index (χ4v) is 4.35. The SMILES string of the molecule is CC(C)Sc1ccc(C(=O)Nc2nc3c(C(C)C)cccc3s2)cc1. The van der Waals surface area contributed by atoms with E-state index in [-0.39, 0.29) is 5.91 Å². The first-order valence-corrected chi connectivity index (χ1v) is 10.1. The molecule has 1 N–H and O–H groups in total. The van der Waals surface area contributed by atoms with Gasteiger partial charge in [-0.1, -0.05) is 51.2 Å². The molecule has 0 fully saturated rings. The van der Waals surface area contributed by atoms with Gasteiger partial charge in [0.15, 0.2) is 5.13 Å². The van der Waals surface area contributed by atoms with E-state index in [9.17, 15) is 4.79 Å². The van der Waals surface area contributed by atoms with Gasteiger partial charge in [-0.3, -0.25) is 10.1 Å². The highest BCUT2D eigenvalue weighted by atomic mass is 32.2. The third-order valence-corrected chi connectivity index (χ3v) is 5.73. The summed E-state index contributed by atoms with van der Waals surface area (Å²) in [5.74, 6) is 0.284. The summed E-state index contributed by atoms with van der Waals surface area (Å²) >= 11 is 3.30. The maximum Gasteiger partial charge on any atom is 0.257 e. The minimum Gasteiger partial charge on any atom is -0.298 e. The summed E-state index contributed by atoms with van der Waals surface area (Å²) in [6, 6.07) is 13.9. The van der Waals surface area contributed by atoms with Crippen molar-refractivity contribution in [2.45, 2.75) is 43.8 Å². The van der Waals surface area contributed by atoms with E-state index in [0.717, 1.165) is 10.2 Å². The van der Waals surface area contributed by atoms with Gasteiger partial charge in [-0.2, -0.15) is 0 Å². The molecule has 0 atom stereocenters. The van der Waals surface area contributed by atoms with Gasteiger partial charge in [-0.15, -0.1) is 11.8 Å². The Hall–Kier alpha value is -1.85. The molecular formula is C20H22N2OS2. The molecule has 0 aliphatic heterocycles. The van der Waals surface area contributed by atoms with E-state index in [1.165, 1.54) is 21.8 Å². The predicted octanol–water partition coefficient (Wildman–Crippen LogP) is 6.17. The summed E-state index contributed by atoms with van der Waals surface area (Å²) in [7, 11) is 0. The van der Waals surface area contributed by atoms with Crippen molar-refractivity contribution in [2.24, 2.45) is 0 Å². The van der Waals surface area contributed by atoms with E-state index in [4.69, 9.17) is 0 Å². The number of aromatic nitrogens is 1. The molecule has 0 bridgehead atoms. The molecule has 0 radical (unpaired) electrons. The van der Waals surface area contributed by atoms with Gasteiger partial charge in [0.25, 0.3) is 5.91 Å². The van der Waals surface area contributed by atoms with Crippen LogP contribution in [0, 0.1) is 0 Å². The standard InChI is InChI=1S/C20H22N2OS2/c1-12(2)16-6-5-7-17-18(16)21-20(25-17)22-19(23)14-8-10-15(11-9-14)24-13(3)4/h5-13H,1-4H3,(H,21,22,23). The molecule has 25 heavy (non-hydrogen) atoms. The Labute approximate surface area is 156 Å². The molecule has 0 aliphatic rings. The Morgan fingerprint density at radius 1 is 1.08 bits per heavy atom. The summed E-state index contributed by atoms with van der Waals surface area (Å²) in [6.07, 6.45) is 0. The highest BCUT2D eigenvalue weighted by Gasteiger charge is 2.13. The van der Waals surface area contributed by atoms with E-state index >= 15 is 0 Å². The van der Waals surface area contributed by atoms with Crippen LogP contribution in [0.3, 0.4) is 0 Å². The molecule has 3 nitrogen and oxygen atoms in total. The first-order chi connectivity index (χ1) is 11.9. The molecule has 3 aromatic rings. The van der Waals surface area contributed by atoms with Gasteiger partial charge in [0.2, 0.25) is 0 Å². The van der Waals surface area contributed by atoms with Gasteiger partial charge < -0.3 is 0 Å². The number of rotatable bonds is 5. The maximum atomic E-state index is 12.5. The van der Waals surface area contributed by atoms with Crippen molar-refractivity contribution < 1.29 is 4.79 Å². The predicted molar refractivity (Wildman–Crippen MR) is 109 cm³/mol. The molecule has 0 saturated heterocycles. The lowest BCUT2D eigenvalue weighted by Crippen LogP contribution is -2.11. The minimum atomic E-state index is -0.119. The van der Waals surface area contributed by atoms with Crippen molar-refractivity contribution in [1.29, 1.82) is 0 Å². The van der Waals surface area contributed by atoms with Crippen molar-refractivity contribution in [3.8, 4) is 0 Å². The van der Waals surface area contributed by atoms with Gasteiger partial charge >= 0.3 is 0 Å². The second-order valence-electron chi connectivity index (χ2n) is 6.51. The second-order valence-corrected chi connectivity index (χ2v) is 9.19. The number of thioether (sulfide) groups is 1. The quantitative estimate of drug-likeness (QED) is 0.546. The molecule has 1 amide bonds. The van der Waals surface area contributed by atoms with E-state index < -0.39 is 0 Å². The van der Waals surface area contributed by atoms with Crippen LogP contribution in [0.5, 0.6) is 0 Å². The lowest BCUT2D eigenvalue weighted by atomic mass is 10.0. The summed E-state index contributed by atoms with van der Waals surface area (Å²) in [6.45, 7) is 8.62. The molecular weight excluding hydrogens is 348 g/mol. The molecule has 0 saturated carbocycles. The third-order valence-electron chi connectivity index (χ3n) is 3.78. The van der Waals surface area contributed by atoms with Crippen molar-refractivity contribution in [3.05, 3.63) is 53.6 Å². The highest BCUT2D eigenvalue weighted by Crippen LogP contribution is 2.32. The van der Waals surface area contributed by atoms with Crippen molar-refractivity contribution in [2.75, 3.05) is 5.32 Å². The van der Waals surface area contributed by atoms with Crippen LogP contribution in [0.1, 0.15) is 49.5 Å². The van der Waals surface area contributed by atoms with Crippen molar-refractivity contribution >= 4 is 44.4 Å². The molecule has 3 rings (SSSR count). The Morgan fingerprint density at radius 2 is 1.80 bits per heavy atom. The summed E-state index contributed by atoms with van der Waals surface area (Å²) in [4.78, 5) is 18.3. The van der Waals surface area contributed by atoms with Gasteiger partial charge in [0.05, 0.1) is 10.2 Å². The fraction of sp³-hybridized carbons (Fsp3) is 0.300. The number of benzene rings is 2. The van der Waals surface area contributed by atoms with Gasteiger partial charge in [0, 0.05) is 15.7 Å². The topological polar surface area (TPSA) is 42.0 Å². The third kappa shape index (κ3) is 4.22. The Kier molecular flexibility index (Phi) is 5.45. The Bertz CT molecular complexity index is 882. The number of hydrogen-bond donors (Lipinski definition) is 1. The first kappa shape index (κ1) is 18.0. The molecule has 1 aromatic heterocycles. The van der Waals surface area contributed by atoms with Crippen LogP contribution in [-0.2, 0) is 0 Å². The second kappa shape index (κ2) is 7.58. The zero-order chi connectivity index (χ0) is 18.0. The summed E-state index contributed by atoms with van der Waals surface area (Å²) < 4.78 is 1.10. The van der Waals surface area contributed by atoms with E-state index in [1.54, 1.807) is 11.8 Å². The number of nitrogens with one attached hydrogen (secondary N) is 1.